The zero-order chi connectivity index (χ0) is 11.8. The Hall–Kier alpha value is -0.390. The van der Waals surface area contributed by atoms with Crippen LogP contribution in [0.2, 0.25) is 0 Å². The first-order chi connectivity index (χ1) is 8.24. The third-order valence-electron chi connectivity index (χ3n) is 2.88. The van der Waals surface area contributed by atoms with E-state index in [-0.39, 0.29) is 0 Å². The standard InChI is InChI=1S/C12H14BrNO2S/c1-7-6-14-12(17-7)8-4-9(13)11-10(5-8)15-2-3-16-11/h4-5,7,12,14H,2-3,6H2,1H3. The monoisotopic (exact) mass is 315 g/mol. The van der Waals surface area contributed by atoms with Crippen LogP contribution in [0.5, 0.6) is 11.5 Å². The summed E-state index contributed by atoms with van der Waals surface area (Å²) in [5, 5.41) is 4.52. The molecule has 2 heterocycles. The quantitative estimate of drug-likeness (QED) is 0.863. The average Bonchev–Trinajstić information content (AvgIpc) is 2.76. The molecule has 1 aromatic carbocycles. The van der Waals surface area contributed by atoms with E-state index in [2.05, 4.69) is 40.3 Å². The highest BCUT2D eigenvalue weighted by molar-refractivity contribution is 9.10. The van der Waals surface area contributed by atoms with Crippen LogP contribution in [0.25, 0.3) is 0 Å². The summed E-state index contributed by atoms with van der Waals surface area (Å²) in [6, 6.07) is 4.21. The highest BCUT2D eigenvalue weighted by Crippen LogP contribution is 2.43. The molecule has 0 aromatic heterocycles. The van der Waals surface area contributed by atoms with Gasteiger partial charge in [-0.1, -0.05) is 6.92 Å². The molecule has 2 unspecified atom stereocenters. The average molecular weight is 316 g/mol. The SMILES string of the molecule is CC1CNC(c2cc(Br)c3c(c2)OCCO3)S1. The van der Waals surface area contributed by atoms with Crippen LogP contribution in [0.4, 0.5) is 0 Å². The topological polar surface area (TPSA) is 30.5 Å². The van der Waals surface area contributed by atoms with Gasteiger partial charge in [-0.25, -0.2) is 0 Å². The smallest absolute Gasteiger partial charge is 0.175 e. The summed E-state index contributed by atoms with van der Waals surface area (Å²) < 4.78 is 12.2. The fourth-order valence-electron chi connectivity index (χ4n) is 2.08. The molecule has 1 fully saturated rings. The normalized spacial score (nSPS) is 27.2. The van der Waals surface area contributed by atoms with Gasteiger partial charge in [-0.15, -0.1) is 11.8 Å². The molecule has 1 saturated heterocycles. The fourth-order valence-corrected chi connectivity index (χ4v) is 3.80. The second-order valence-corrected chi connectivity index (χ2v) is 6.66. The van der Waals surface area contributed by atoms with Crippen molar-refractivity contribution in [1.82, 2.24) is 5.32 Å². The molecule has 2 aliphatic rings. The van der Waals surface area contributed by atoms with E-state index in [1.807, 2.05) is 11.8 Å². The minimum Gasteiger partial charge on any atom is -0.486 e. The lowest BCUT2D eigenvalue weighted by atomic mass is 10.2. The molecule has 1 N–H and O–H groups in total. The van der Waals surface area contributed by atoms with E-state index in [0.717, 1.165) is 22.5 Å². The van der Waals surface area contributed by atoms with E-state index in [0.29, 0.717) is 23.8 Å². The lowest BCUT2D eigenvalue weighted by Crippen LogP contribution is -2.17. The number of halogens is 1. The van der Waals surface area contributed by atoms with Crippen LogP contribution in [0.15, 0.2) is 16.6 Å². The molecule has 0 spiro atoms. The Labute approximate surface area is 113 Å². The van der Waals surface area contributed by atoms with Crippen LogP contribution < -0.4 is 14.8 Å². The maximum Gasteiger partial charge on any atom is 0.175 e. The van der Waals surface area contributed by atoms with E-state index in [9.17, 15) is 0 Å². The highest BCUT2D eigenvalue weighted by atomic mass is 79.9. The highest BCUT2D eigenvalue weighted by Gasteiger charge is 2.25. The number of benzene rings is 1. The van der Waals surface area contributed by atoms with Gasteiger partial charge in [-0.3, -0.25) is 0 Å². The van der Waals surface area contributed by atoms with Crippen molar-refractivity contribution in [3.05, 3.63) is 22.2 Å². The van der Waals surface area contributed by atoms with Crippen LogP contribution in [-0.2, 0) is 0 Å². The van der Waals surface area contributed by atoms with Crippen LogP contribution in [0.1, 0.15) is 17.9 Å². The van der Waals surface area contributed by atoms with Crippen molar-refractivity contribution < 1.29 is 9.47 Å². The first-order valence-electron chi connectivity index (χ1n) is 5.72. The molecule has 92 valence electrons. The Morgan fingerprint density at radius 2 is 2.18 bits per heavy atom. The Morgan fingerprint density at radius 3 is 2.94 bits per heavy atom. The van der Waals surface area contributed by atoms with E-state index in [4.69, 9.17) is 9.47 Å². The minimum atomic E-state index is 0.358. The van der Waals surface area contributed by atoms with Gasteiger partial charge in [0.1, 0.15) is 13.2 Å². The molecular weight excluding hydrogens is 302 g/mol. The zero-order valence-electron chi connectivity index (χ0n) is 9.53. The van der Waals surface area contributed by atoms with Gasteiger partial charge in [-0.05, 0) is 33.6 Å². The summed E-state index contributed by atoms with van der Waals surface area (Å²) >= 11 is 5.50. The Balaban J connectivity index is 1.93. The molecule has 17 heavy (non-hydrogen) atoms. The predicted octanol–water partition coefficient (Wildman–Crippen LogP) is 2.94. The maximum absolute atomic E-state index is 5.64. The molecular formula is C12H14BrNO2S. The van der Waals surface area contributed by atoms with Crippen molar-refractivity contribution in [2.24, 2.45) is 0 Å². The second-order valence-electron chi connectivity index (χ2n) is 4.26. The fraction of sp³-hybridized carbons (Fsp3) is 0.500. The van der Waals surface area contributed by atoms with E-state index < -0.39 is 0 Å². The van der Waals surface area contributed by atoms with Gasteiger partial charge in [0.15, 0.2) is 11.5 Å². The number of rotatable bonds is 1. The summed E-state index contributed by atoms with van der Waals surface area (Å²) in [6.45, 7) is 4.55. The van der Waals surface area contributed by atoms with Crippen molar-refractivity contribution in [3.8, 4) is 11.5 Å². The lowest BCUT2D eigenvalue weighted by molar-refractivity contribution is 0.170. The molecule has 3 rings (SSSR count). The van der Waals surface area contributed by atoms with Gasteiger partial charge in [0.05, 0.1) is 9.85 Å². The molecule has 0 radical (unpaired) electrons. The van der Waals surface area contributed by atoms with Crippen molar-refractivity contribution in [2.45, 2.75) is 17.5 Å². The van der Waals surface area contributed by atoms with Crippen molar-refractivity contribution >= 4 is 27.7 Å². The van der Waals surface area contributed by atoms with Gasteiger partial charge in [0.2, 0.25) is 0 Å². The number of hydrogen-bond donors (Lipinski definition) is 1. The molecule has 0 amide bonds. The summed E-state index contributed by atoms with van der Waals surface area (Å²) in [5.74, 6) is 1.68. The van der Waals surface area contributed by atoms with Crippen molar-refractivity contribution in [3.63, 3.8) is 0 Å². The maximum atomic E-state index is 5.64. The van der Waals surface area contributed by atoms with Crippen LogP contribution in [0, 0.1) is 0 Å². The predicted molar refractivity (Wildman–Crippen MR) is 72.9 cm³/mol. The molecule has 0 bridgehead atoms. The minimum absolute atomic E-state index is 0.358. The Kier molecular flexibility index (Phi) is 3.23. The van der Waals surface area contributed by atoms with Crippen molar-refractivity contribution in [2.75, 3.05) is 19.8 Å². The van der Waals surface area contributed by atoms with Gasteiger partial charge in [-0.2, -0.15) is 0 Å². The number of ether oxygens (including phenoxy) is 2. The second kappa shape index (κ2) is 4.71. The van der Waals surface area contributed by atoms with Crippen LogP contribution in [0.3, 0.4) is 0 Å². The molecule has 2 atom stereocenters. The van der Waals surface area contributed by atoms with Crippen LogP contribution >= 0.6 is 27.7 Å². The molecule has 0 saturated carbocycles. The van der Waals surface area contributed by atoms with E-state index >= 15 is 0 Å². The number of nitrogens with one attached hydrogen (secondary N) is 1. The molecule has 0 aliphatic carbocycles. The molecule has 5 heteroatoms. The van der Waals surface area contributed by atoms with Gasteiger partial charge < -0.3 is 14.8 Å². The Bertz CT molecular complexity index is 441. The first kappa shape index (κ1) is 11.7. The first-order valence-corrected chi connectivity index (χ1v) is 7.45. The van der Waals surface area contributed by atoms with Gasteiger partial charge in [0, 0.05) is 11.8 Å². The largest absolute Gasteiger partial charge is 0.486 e. The molecule has 3 nitrogen and oxygen atoms in total. The number of thioether (sulfide) groups is 1. The third kappa shape index (κ3) is 2.28. The van der Waals surface area contributed by atoms with E-state index in [1.165, 1.54) is 5.56 Å². The lowest BCUT2D eigenvalue weighted by Gasteiger charge is -2.21. The molecule has 2 aliphatic heterocycles. The Morgan fingerprint density at radius 1 is 1.35 bits per heavy atom. The van der Waals surface area contributed by atoms with Gasteiger partial charge in [0.25, 0.3) is 0 Å². The summed E-state index contributed by atoms with van der Waals surface area (Å²) in [6.07, 6.45) is 0. The summed E-state index contributed by atoms with van der Waals surface area (Å²) in [5.41, 5.74) is 1.25. The third-order valence-corrected chi connectivity index (χ3v) is 4.81. The summed E-state index contributed by atoms with van der Waals surface area (Å²) in [4.78, 5) is 0. The molecule has 1 aromatic rings. The summed E-state index contributed by atoms with van der Waals surface area (Å²) in [7, 11) is 0. The van der Waals surface area contributed by atoms with E-state index in [1.54, 1.807) is 0 Å². The van der Waals surface area contributed by atoms with Gasteiger partial charge >= 0.3 is 0 Å². The number of fused-ring (bicyclic) bond motifs is 1. The van der Waals surface area contributed by atoms with Crippen LogP contribution in [-0.4, -0.2) is 25.0 Å². The van der Waals surface area contributed by atoms with Crippen molar-refractivity contribution in [1.29, 1.82) is 0 Å². The zero-order valence-corrected chi connectivity index (χ0v) is 11.9. The number of hydrogen-bond acceptors (Lipinski definition) is 4.